The average molecular weight is 380 g/mol. The van der Waals surface area contributed by atoms with Crippen molar-refractivity contribution in [2.45, 2.75) is 26.6 Å². The molecule has 0 atom stereocenters. The molecule has 2 N–H and O–H groups in total. The topological polar surface area (TPSA) is 74.8 Å². The summed E-state index contributed by atoms with van der Waals surface area (Å²) >= 11 is 1.35. The zero-order valence-corrected chi connectivity index (χ0v) is 14.7. The van der Waals surface area contributed by atoms with Crippen LogP contribution >= 0.6 is 11.3 Å². The fourth-order valence-corrected chi connectivity index (χ4v) is 3.37. The van der Waals surface area contributed by atoms with Gasteiger partial charge in [0.15, 0.2) is 4.80 Å². The highest BCUT2D eigenvalue weighted by atomic mass is 32.1. The summed E-state index contributed by atoms with van der Waals surface area (Å²) in [4.78, 5) is 1.40. The standard InChI is InChI=1S/C17H15F3N4OS/c1-9-5-11(17(18,19)20)6-14(25)15(9)13-4-3-12(22-23-13)8-24-7-10(2)26-16(24)21/h3-7,21,25H,8H2,1-2H3. The number of aromatic hydroxyl groups is 1. The summed E-state index contributed by atoms with van der Waals surface area (Å²) in [5.74, 6) is -0.490. The first-order valence-electron chi connectivity index (χ1n) is 7.60. The van der Waals surface area contributed by atoms with Crippen LogP contribution in [0.1, 0.15) is 21.7 Å². The molecule has 9 heteroatoms. The van der Waals surface area contributed by atoms with Crippen LogP contribution in [0.4, 0.5) is 13.2 Å². The molecule has 0 saturated heterocycles. The number of rotatable bonds is 3. The normalized spacial score (nSPS) is 11.7. The Labute approximate surface area is 150 Å². The molecule has 26 heavy (non-hydrogen) atoms. The van der Waals surface area contributed by atoms with E-state index in [1.807, 2.05) is 13.1 Å². The summed E-state index contributed by atoms with van der Waals surface area (Å²) in [7, 11) is 0. The molecule has 2 heterocycles. The minimum atomic E-state index is -4.53. The second kappa shape index (κ2) is 6.56. The number of hydrogen-bond donors (Lipinski definition) is 2. The monoisotopic (exact) mass is 380 g/mol. The highest BCUT2D eigenvalue weighted by Crippen LogP contribution is 2.38. The average Bonchev–Trinajstić information content (AvgIpc) is 2.85. The van der Waals surface area contributed by atoms with Crippen LogP contribution in [0.25, 0.3) is 11.3 Å². The zero-order chi connectivity index (χ0) is 19.1. The van der Waals surface area contributed by atoms with Gasteiger partial charge in [0.25, 0.3) is 0 Å². The van der Waals surface area contributed by atoms with Crippen LogP contribution in [0.15, 0.2) is 30.5 Å². The van der Waals surface area contributed by atoms with Gasteiger partial charge in [-0.15, -0.1) is 11.3 Å². The van der Waals surface area contributed by atoms with Crippen LogP contribution < -0.4 is 4.80 Å². The van der Waals surface area contributed by atoms with Gasteiger partial charge in [0.1, 0.15) is 5.75 Å². The van der Waals surface area contributed by atoms with E-state index in [4.69, 9.17) is 5.41 Å². The second-order valence-electron chi connectivity index (χ2n) is 5.87. The van der Waals surface area contributed by atoms with Gasteiger partial charge in [0.2, 0.25) is 0 Å². The maximum absolute atomic E-state index is 12.8. The van der Waals surface area contributed by atoms with Gasteiger partial charge in [-0.05, 0) is 43.7 Å². The molecule has 0 saturated carbocycles. The van der Waals surface area contributed by atoms with Crippen LogP contribution in [0.3, 0.4) is 0 Å². The molecule has 0 aliphatic heterocycles. The lowest BCUT2D eigenvalue weighted by atomic mass is 10.0. The number of phenols is 1. The predicted molar refractivity (Wildman–Crippen MR) is 90.9 cm³/mol. The largest absolute Gasteiger partial charge is 0.507 e. The Hall–Kier alpha value is -2.68. The molecule has 0 aliphatic carbocycles. The summed E-state index contributed by atoms with van der Waals surface area (Å²) < 4.78 is 40.2. The molecule has 1 aromatic carbocycles. The SMILES string of the molecule is Cc1cn(Cc2ccc(-c3c(C)cc(C(F)(F)F)cc3O)nn2)c(=N)s1. The van der Waals surface area contributed by atoms with Gasteiger partial charge in [0.05, 0.1) is 23.5 Å². The minimum Gasteiger partial charge on any atom is -0.507 e. The molecule has 0 unspecified atom stereocenters. The first-order chi connectivity index (χ1) is 12.1. The lowest BCUT2D eigenvalue weighted by molar-refractivity contribution is -0.137. The van der Waals surface area contributed by atoms with Crippen molar-refractivity contribution >= 4 is 11.3 Å². The Bertz CT molecular complexity index is 983. The first-order valence-corrected chi connectivity index (χ1v) is 8.42. The van der Waals surface area contributed by atoms with E-state index in [9.17, 15) is 18.3 Å². The maximum atomic E-state index is 12.8. The van der Waals surface area contributed by atoms with Crippen molar-refractivity contribution in [1.29, 1.82) is 5.41 Å². The number of thiazole rings is 1. The van der Waals surface area contributed by atoms with E-state index in [1.165, 1.54) is 18.3 Å². The number of hydrogen-bond acceptors (Lipinski definition) is 5. The van der Waals surface area contributed by atoms with E-state index in [0.717, 1.165) is 10.9 Å². The second-order valence-corrected chi connectivity index (χ2v) is 7.10. The number of aromatic nitrogens is 3. The molecule has 0 aliphatic rings. The summed E-state index contributed by atoms with van der Waals surface area (Å²) in [5, 5.41) is 26.0. The van der Waals surface area contributed by atoms with E-state index in [2.05, 4.69) is 10.2 Å². The lowest BCUT2D eigenvalue weighted by Crippen LogP contribution is -2.14. The minimum absolute atomic E-state index is 0.220. The smallest absolute Gasteiger partial charge is 0.416 e. The number of nitrogens with one attached hydrogen (secondary N) is 1. The van der Waals surface area contributed by atoms with Gasteiger partial charge in [-0.1, -0.05) is 0 Å². The molecule has 0 spiro atoms. The van der Waals surface area contributed by atoms with Crippen LogP contribution in [-0.2, 0) is 12.7 Å². The van der Waals surface area contributed by atoms with Gasteiger partial charge < -0.3 is 9.67 Å². The number of phenolic OH excluding ortho intramolecular Hbond substituents is 1. The predicted octanol–water partition coefficient (Wildman–Crippen LogP) is 3.88. The highest BCUT2D eigenvalue weighted by Gasteiger charge is 2.32. The van der Waals surface area contributed by atoms with Gasteiger partial charge >= 0.3 is 6.18 Å². The van der Waals surface area contributed by atoms with Crippen LogP contribution in [0.2, 0.25) is 0 Å². The van der Waals surface area contributed by atoms with Gasteiger partial charge in [-0.2, -0.15) is 23.4 Å². The fraction of sp³-hybridized carbons (Fsp3) is 0.235. The Kier molecular flexibility index (Phi) is 4.57. The molecule has 0 fully saturated rings. The molecule has 5 nitrogen and oxygen atoms in total. The molecular weight excluding hydrogens is 365 g/mol. The van der Waals surface area contributed by atoms with Gasteiger partial charge in [-0.3, -0.25) is 5.41 Å². The molecule has 0 bridgehead atoms. The van der Waals surface area contributed by atoms with Gasteiger partial charge in [0, 0.05) is 16.6 Å². The van der Waals surface area contributed by atoms with Crippen molar-refractivity contribution in [3.8, 4) is 17.0 Å². The van der Waals surface area contributed by atoms with E-state index in [0.29, 0.717) is 23.1 Å². The van der Waals surface area contributed by atoms with Gasteiger partial charge in [-0.25, -0.2) is 0 Å². The zero-order valence-electron chi connectivity index (χ0n) is 13.9. The number of alkyl halides is 3. The molecule has 3 rings (SSSR count). The Balaban J connectivity index is 1.91. The molecule has 3 aromatic rings. The summed E-state index contributed by atoms with van der Waals surface area (Å²) in [5.41, 5.74) is 0.463. The van der Waals surface area contributed by atoms with Crippen molar-refractivity contribution in [3.63, 3.8) is 0 Å². The summed E-state index contributed by atoms with van der Waals surface area (Å²) in [6.07, 6.45) is -2.69. The van der Waals surface area contributed by atoms with Crippen molar-refractivity contribution < 1.29 is 18.3 Å². The third-order valence-electron chi connectivity index (χ3n) is 3.81. The number of nitrogens with zero attached hydrogens (tertiary/aromatic N) is 3. The lowest BCUT2D eigenvalue weighted by Gasteiger charge is -2.13. The molecule has 136 valence electrons. The van der Waals surface area contributed by atoms with Crippen molar-refractivity contribution in [1.82, 2.24) is 14.8 Å². The number of aryl methyl sites for hydroxylation is 2. The number of benzene rings is 1. The third kappa shape index (κ3) is 3.62. The van der Waals surface area contributed by atoms with Crippen molar-refractivity contribution in [2.24, 2.45) is 0 Å². The number of halogens is 3. The van der Waals surface area contributed by atoms with E-state index in [-0.39, 0.29) is 16.8 Å². The Morgan fingerprint density at radius 2 is 1.92 bits per heavy atom. The van der Waals surface area contributed by atoms with E-state index >= 15 is 0 Å². The van der Waals surface area contributed by atoms with Crippen LogP contribution in [0, 0.1) is 19.3 Å². The first kappa shape index (κ1) is 18.1. The third-order valence-corrected chi connectivity index (χ3v) is 4.66. The van der Waals surface area contributed by atoms with Crippen molar-refractivity contribution in [3.05, 3.63) is 57.0 Å². The molecule has 0 radical (unpaired) electrons. The van der Waals surface area contributed by atoms with Crippen LogP contribution in [0.5, 0.6) is 5.75 Å². The van der Waals surface area contributed by atoms with E-state index in [1.54, 1.807) is 16.7 Å². The summed E-state index contributed by atoms with van der Waals surface area (Å²) in [6.45, 7) is 3.76. The maximum Gasteiger partial charge on any atom is 0.416 e. The quantitative estimate of drug-likeness (QED) is 0.724. The molecular formula is C17H15F3N4OS. The Morgan fingerprint density at radius 3 is 2.42 bits per heavy atom. The van der Waals surface area contributed by atoms with Crippen molar-refractivity contribution in [2.75, 3.05) is 0 Å². The summed E-state index contributed by atoms with van der Waals surface area (Å²) in [6, 6.07) is 4.94. The highest BCUT2D eigenvalue weighted by molar-refractivity contribution is 7.09. The molecule has 2 aromatic heterocycles. The molecule has 0 amide bonds. The Morgan fingerprint density at radius 1 is 1.19 bits per heavy atom. The fourth-order valence-electron chi connectivity index (χ4n) is 2.65. The van der Waals surface area contributed by atoms with Crippen LogP contribution in [-0.4, -0.2) is 19.9 Å². The van der Waals surface area contributed by atoms with E-state index < -0.39 is 17.5 Å².